The second kappa shape index (κ2) is 8.29. The van der Waals surface area contributed by atoms with E-state index in [1.54, 1.807) is 24.3 Å². The zero-order valence-electron chi connectivity index (χ0n) is 17.6. The molecular formula is C22H28O7. The summed E-state index contributed by atoms with van der Waals surface area (Å²) >= 11 is 0. The fourth-order valence-electron chi connectivity index (χ4n) is 3.88. The first-order valence-corrected chi connectivity index (χ1v) is 9.41. The molecule has 0 aromatic heterocycles. The fourth-order valence-corrected chi connectivity index (χ4v) is 3.88. The predicted molar refractivity (Wildman–Crippen MR) is 107 cm³/mol. The van der Waals surface area contributed by atoms with Gasteiger partial charge < -0.3 is 33.9 Å². The van der Waals surface area contributed by atoms with Gasteiger partial charge >= 0.3 is 0 Å². The van der Waals surface area contributed by atoms with Gasteiger partial charge in [0.05, 0.1) is 40.6 Å². The van der Waals surface area contributed by atoms with E-state index in [9.17, 15) is 10.2 Å². The van der Waals surface area contributed by atoms with Crippen molar-refractivity contribution in [3.05, 3.63) is 35.4 Å². The first-order chi connectivity index (χ1) is 13.9. The number of benzene rings is 2. The van der Waals surface area contributed by atoms with Crippen LogP contribution in [-0.4, -0.2) is 38.7 Å². The van der Waals surface area contributed by atoms with Gasteiger partial charge in [-0.15, -0.1) is 0 Å². The third kappa shape index (κ3) is 3.62. The first-order valence-electron chi connectivity index (χ1n) is 9.41. The molecule has 0 bridgehead atoms. The topological polar surface area (TPSA) is 86.6 Å². The lowest BCUT2D eigenvalue weighted by molar-refractivity contribution is 0.0285. The average molecular weight is 404 g/mol. The summed E-state index contributed by atoms with van der Waals surface area (Å²) in [4.78, 5) is 0. The smallest absolute Gasteiger partial charge is 0.200 e. The third-order valence-corrected chi connectivity index (χ3v) is 5.74. The molecule has 0 saturated carbocycles. The van der Waals surface area contributed by atoms with Crippen molar-refractivity contribution >= 4 is 0 Å². The van der Waals surface area contributed by atoms with Crippen molar-refractivity contribution in [2.24, 2.45) is 11.8 Å². The number of rotatable bonds is 6. The van der Waals surface area contributed by atoms with Gasteiger partial charge in [-0.05, 0) is 47.2 Å². The fraction of sp³-hybridized carbons (Fsp3) is 0.455. The summed E-state index contributed by atoms with van der Waals surface area (Å²) in [5.41, 5.74) is 1.71. The van der Waals surface area contributed by atoms with Crippen LogP contribution in [-0.2, 0) is 4.74 Å². The average Bonchev–Trinajstić information content (AvgIpc) is 3.03. The zero-order chi connectivity index (χ0) is 21.3. The van der Waals surface area contributed by atoms with Crippen LogP contribution in [0, 0.1) is 11.8 Å². The highest BCUT2D eigenvalue weighted by Gasteiger charge is 2.41. The lowest BCUT2D eigenvalue weighted by Crippen LogP contribution is -2.10. The Morgan fingerprint density at radius 1 is 0.621 bits per heavy atom. The summed E-state index contributed by atoms with van der Waals surface area (Å²) in [6.07, 6.45) is -0.464. The van der Waals surface area contributed by atoms with Crippen LogP contribution in [0.1, 0.15) is 37.2 Å². The molecule has 0 amide bonds. The van der Waals surface area contributed by atoms with Crippen molar-refractivity contribution in [1.29, 1.82) is 0 Å². The SMILES string of the molecule is COc1cc([C@H]2O[C@@H](c3cc(OC)c(O)c(OC)c3)[C@@H](C)[C@@H]2C)cc(OC)c1O. The van der Waals surface area contributed by atoms with Crippen molar-refractivity contribution < 1.29 is 33.9 Å². The molecular weight excluding hydrogens is 376 g/mol. The summed E-state index contributed by atoms with van der Waals surface area (Å²) < 4.78 is 27.6. The normalized spacial score (nSPS) is 23.7. The van der Waals surface area contributed by atoms with Crippen LogP contribution in [0.4, 0.5) is 0 Å². The quantitative estimate of drug-likeness (QED) is 0.745. The van der Waals surface area contributed by atoms with Crippen LogP contribution in [0.2, 0.25) is 0 Å². The monoisotopic (exact) mass is 404 g/mol. The molecule has 158 valence electrons. The van der Waals surface area contributed by atoms with Gasteiger partial charge in [0.1, 0.15) is 0 Å². The molecule has 29 heavy (non-hydrogen) atoms. The van der Waals surface area contributed by atoms with Gasteiger partial charge in [0, 0.05) is 0 Å². The number of aromatic hydroxyl groups is 2. The minimum atomic E-state index is -0.232. The highest BCUT2D eigenvalue weighted by atomic mass is 16.5. The maximum absolute atomic E-state index is 10.2. The Morgan fingerprint density at radius 3 is 1.14 bits per heavy atom. The maximum Gasteiger partial charge on any atom is 0.200 e. The molecule has 4 atom stereocenters. The van der Waals surface area contributed by atoms with Crippen molar-refractivity contribution in [1.82, 2.24) is 0 Å². The van der Waals surface area contributed by atoms with Crippen molar-refractivity contribution in [3.63, 3.8) is 0 Å². The molecule has 0 aliphatic carbocycles. The number of phenolic OH excluding ortho intramolecular Hbond substituents is 2. The van der Waals surface area contributed by atoms with Crippen LogP contribution in [0.15, 0.2) is 24.3 Å². The van der Waals surface area contributed by atoms with E-state index in [2.05, 4.69) is 13.8 Å². The lowest BCUT2D eigenvalue weighted by Gasteiger charge is -2.19. The van der Waals surface area contributed by atoms with Crippen LogP contribution < -0.4 is 18.9 Å². The highest BCUT2D eigenvalue weighted by Crippen LogP contribution is 2.52. The van der Waals surface area contributed by atoms with E-state index in [4.69, 9.17) is 23.7 Å². The second-order valence-electron chi connectivity index (χ2n) is 7.24. The Morgan fingerprint density at radius 2 is 0.897 bits per heavy atom. The van der Waals surface area contributed by atoms with Crippen molar-refractivity contribution in [2.75, 3.05) is 28.4 Å². The van der Waals surface area contributed by atoms with Gasteiger partial charge in [-0.1, -0.05) is 13.8 Å². The van der Waals surface area contributed by atoms with E-state index in [-0.39, 0.29) is 35.5 Å². The first kappa shape index (κ1) is 20.9. The van der Waals surface area contributed by atoms with E-state index in [0.717, 1.165) is 11.1 Å². The summed E-state index contributed by atoms with van der Waals surface area (Å²) in [5.74, 6) is 1.59. The van der Waals surface area contributed by atoms with E-state index >= 15 is 0 Å². The summed E-state index contributed by atoms with van der Waals surface area (Å²) in [6, 6.07) is 7.08. The number of ether oxygens (including phenoxy) is 5. The van der Waals surface area contributed by atoms with Crippen molar-refractivity contribution in [3.8, 4) is 34.5 Å². The molecule has 2 aromatic rings. The van der Waals surface area contributed by atoms with Crippen LogP contribution >= 0.6 is 0 Å². The second-order valence-corrected chi connectivity index (χ2v) is 7.24. The van der Waals surface area contributed by atoms with Crippen LogP contribution in [0.5, 0.6) is 34.5 Å². The summed E-state index contributed by atoms with van der Waals surface area (Å²) in [5, 5.41) is 20.4. The maximum atomic E-state index is 10.2. The Labute approximate surface area is 170 Å². The minimum Gasteiger partial charge on any atom is -0.502 e. The number of phenols is 2. The molecule has 0 unspecified atom stereocenters. The summed E-state index contributed by atoms with van der Waals surface area (Å²) in [7, 11) is 5.99. The van der Waals surface area contributed by atoms with Crippen molar-refractivity contribution in [2.45, 2.75) is 26.1 Å². The molecule has 2 aromatic carbocycles. The largest absolute Gasteiger partial charge is 0.502 e. The molecule has 3 rings (SSSR count). The number of methoxy groups -OCH3 is 4. The Kier molecular flexibility index (Phi) is 5.98. The van der Waals surface area contributed by atoms with Gasteiger partial charge in [0.25, 0.3) is 0 Å². The van der Waals surface area contributed by atoms with Gasteiger partial charge in [-0.25, -0.2) is 0 Å². The molecule has 1 fully saturated rings. The molecule has 7 nitrogen and oxygen atoms in total. The Hall–Kier alpha value is -2.80. The number of hydrogen-bond donors (Lipinski definition) is 2. The third-order valence-electron chi connectivity index (χ3n) is 5.74. The Balaban J connectivity index is 2.00. The summed E-state index contributed by atoms with van der Waals surface area (Å²) in [6.45, 7) is 4.24. The van der Waals surface area contributed by atoms with Gasteiger partial charge in [0.15, 0.2) is 23.0 Å². The molecule has 1 saturated heterocycles. The molecule has 1 heterocycles. The molecule has 0 spiro atoms. The van der Waals surface area contributed by atoms with Crippen LogP contribution in [0.25, 0.3) is 0 Å². The van der Waals surface area contributed by atoms with E-state index in [0.29, 0.717) is 23.0 Å². The van der Waals surface area contributed by atoms with E-state index in [1.165, 1.54) is 28.4 Å². The molecule has 2 N–H and O–H groups in total. The van der Waals surface area contributed by atoms with Crippen LogP contribution in [0.3, 0.4) is 0 Å². The molecule has 1 aliphatic heterocycles. The number of hydrogen-bond acceptors (Lipinski definition) is 7. The minimum absolute atomic E-state index is 0.0398. The standard InChI is InChI=1S/C22H28O7/c1-11-12(2)22(14-9-17(27-5)20(24)18(10-14)28-6)29-21(11)13-7-15(25-3)19(23)16(8-13)26-4/h7-12,21-24H,1-6H3/t11-,12-,21-,22+/m0/s1. The highest BCUT2D eigenvalue weighted by molar-refractivity contribution is 5.55. The zero-order valence-corrected chi connectivity index (χ0v) is 17.6. The van der Waals surface area contributed by atoms with Gasteiger partial charge in [-0.3, -0.25) is 0 Å². The molecule has 0 radical (unpaired) electrons. The molecule has 1 aliphatic rings. The van der Waals surface area contributed by atoms with Gasteiger partial charge in [-0.2, -0.15) is 0 Å². The van der Waals surface area contributed by atoms with E-state index in [1.807, 2.05) is 0 Å². The lowest BCUT2D eigenvalue weighted by atomic mass is 9.85. The molecule has 7 heteroatoms. The van der Waals surface area contributed by atoms with E-state index < -0.39 is 0 Å². The Bertz CT molecular complexity index is 758. The predicted octanol–water partition coefficient (Wildman–Crippen LogP) is 4.22. The van der Waals surface area contributed by atoms with Gasteiger partial charge in [0.2, 0.25) is 11.5 Å².